The Morgan fingerprint density at radius 3 is 2.38 bits per heavy atom. The summed E-state index contributed by atoms with van der Waals surface area (Å²) in [7, 11) is 0. The van der Waals surface area contributed by atoms with Crippen LogP contribution < -0.4 is 5.43 Å². The number of alkyl halides is 3. The summed E-state index contributed by atoms with van der Waals surface area (Å²) in [6.07, 6.45) is -4.74. The molecule has 13 heavy (non-hydrogen) atoms. The fraction of sp³-hybridized carbons (Fsp3) is 0.167. The maximum Gasteiger partial charge on any atom is 0.421 e. The second-order valence-corrected chi connectivity index (χ2v) is 2.19. The molecule has 1 heterocycles. The Balaban J connectivity index is 3.44. The van der Waals surface area contributed by atoms with Crippen molar-refractivity contribution in [2.24, 2.45) is 0 Å². The monoisotopic (exact) mass is 197 g/mol. The fourth-order valence-corrected chi connectivity index (χ4v) is 0.707. The molecule has 1 aromatic heterocycles. The van der Waals surface area contributed by atoms with E-state index in [9.17, 15) is 22.4 Å². The normalized spacial score (nSPS) is 11.7. The first kappa shape index (κ1) is 9.56. The summed E-state index contributed by atoms with van der Waals surface area (Å²) < 4.78 is 48.0. The molecule has 3 nitrogen and oxygen atoms in total. The molecule has 0 aromatic carbocycles. The Bertz CT molecular complexity index is 381. The number of aromatic nitrogens is 1. The summed E-state index contributed by atoms with van der Waals surface area (Å²) in [6, 6.07) is 0. The summed E-state index contributed by atoms with van der Waals surface area (Å²) in [6.45, 7) is 0. The van der Waals surface area contributed by atoms with E-state index >= 15 is 0 Å². The SMILES string of the molecule is O=c1c(C(F)(F)F)c[nH]c(F)c1O. The highest BCUT2D eigenvalue weighted by Crippen LogP contribution is 2.27. The molecule has 0 aliphatic heterocycles. The van der Waals surface area contributed by atoms with Crippen molar-refractivity contribution in [3.63, 3.8) is 0 Å². The van der Waals surface area contributed by atoms with Crippen molar-refractivity contribution >= 4 is 0 Å². The average Bonchev–Trinajstić information content (AvgIpc) is 1.98. The molecular weight excluding hydrogens is 194 g/mol. The van der Waals surface area contributed by atoms with Gasteiger partial charge in [0, 0.05) is 6.20 Å². The number of aromatic amines is 1. The van der Waals surface area contributed by atoms with E-state index in [0.717, 1.165) is 0 Å². The second kappa shape index (κ2) is 2.75. The standard InChI is InChI=1S/C6H3F4NO2/c7-5-4(13)3(12)2(1-11-5)6(8,9)10/h1,13H,(H,11,12). The van der Waals surface area contributed by atoms with Crippen molar-refractivity contribution < 1.29 is 22.7 Å². The first-order valence-electron chi connectivity index (χ1n) is 3.01. The second-order valence-electron chi connectivity index (χ2n) is 2.19. The number of rotatable bonds is 0. The predicted molar refractivity (Wildman–Crippen MR) is 33.7 cm³/mol. The zero-order chi connectivity index (χ0) is 10.2. The maximum absolute atomic E-state index is 12.3. The number of pyridine rings is 1. The van der Waals surface area contributed by atoms with Gasteiger partial charge in [-0.2, -0.15) is 17.6 Å². The van der Waals surface area contributed by atoms with Crippen molar-refractivity contribution in [1.82, 2.24) is 4.98 Å². The van der Waals surface area contributed by atoms with Crippen LogP contribution in [0.15, 0.2) is 11.0 Å². The lowest BCUT2D eigenvalue weighted by Gasteiger charge is -2.05. The number of halogens is 4. The van der Waals surface area contributed by atoms with E-state index in [1.165, 1.54) is 4.98 Å². The van der Waals surface area contributed by atoms with Gasteiger partial charge < -0.3 is 10.1 Å². The number of H-pyrrole nitrogens is 1. The van der Waals surface area contributed by atoms with Crippen molar-refractivity contribution in [2.75, 3.05) is 0 Å². The molecule has 0 unspecified atom stereocenters. The van der Waals surface area contributed by atoms with Gasteiger partial charge in [0.25, 0.3) is 0 Å². The lowest BCUT2D eigenvalue weighted by molar-refractivity contribution is -0.138. The third kappa shape index (κ3) is 1.63. The van der Waals surface area contributed by atoms with Crippen molar-refractivity contribution in [1.29, 1.82) is 0 Å². The topological polar surface area (TPSA) is 53.1 Å². The third-order valence-corrected chi connectivity index (χ3v) is 1.32. The van der Waals surface area contributed by atoms with E-state index in [0.29, 0.717) is 0 Å². The van der Waals surface area contributed by atoms with Crippen LogP contribution >= 0.6 is 0 Å². The minimum Gasteiger partial charge on any atom is -0.501 e. The molecule has 0 radical (unpaired) electrons. The van der Waals surface area contributed by atoms with Gasteiger partial charge in [0.15, 0.2) is 0 Å². The van der Waals surface area contributed by atoms with E-state index in [1.54, 1.807) is 0 Å². The smallest absolute Gasteiger partial charge is 0.421 e. The van der Waals surface area contributed by atoms with Gasteiger partial charge in [0.05, 0.1) is 0 Å². The van der Waals surface area contributed by atoms with E-state index < -0.39 is 28.9 Å². The van der Waals surface area contributed by atoms with E-state index in [1.807, 2.05) is 0 Å². The Hall–Kier alpha value is -1.53. The zero-order valence-electron chi connectivity index (χ0n) is 5.94. The first-order valence-corrected chi connectivity index (χ1v) is 3.01. The van der Waals surface area contributed by atoms with E-state index in [4.69, 9.17) is 5.11 Å². The Morgan fingerprint density at radius 2 is 1.92 bits per heavy atom. The van der Waals surface area contributed by atoms with Crippen molar-refractivity contribution in [3.8, 4) is 5.75 Å². The number of aromatic hydroxyl groups is 1. The summed E-state index contributed by atoms with van der Waals surface area (Å²) in [5, 5.41) is 8.53. The van der Waals surface area contributed by atoms with Crippen LogP contribution in [0, 0.1) is 5.95 Å². The zero-order valence-corrected chi connectivity index (χ0v) is 5.94. The Labute approximate surface area is 68.6 Å². The van der Waals surface area contributed by atoms with Gasteiger partial charge in [-0.05, 0) is 0 Å². The van der Waals surface area contributed by atoms with Crippen LogP contribution in [0.25, 0.3) is 0 Å². The molecular formula is C6H3F4NO2. The lowest BCUT2D eigenvalue weighted by atomic mass is 10.2. The molecule has 0 fully saturated rings. The van der Waals surface area contributed by atoms with E-state index in [-0.39, 0.29) is 6.20 Å². The van der Waals surface area contributed by atoms with Gasteiger partial charge >= 0.3 is 6.18 Å². The van der Waals surface area contributed by atoms with Gasteiger partial charge in [-0.3, -0.25) is 4.79 Å². The molecule has 1 aromatic rings. The van der Waals surface area contributed by atoms with Crippen LogP contribution in [0.4, 0.5) is 17.6 Å². The molecule has 0 saturated heterocycles. The molecule has 72 valence electrons. The van der Waals surface area contributed by atoms with Crippen LogP contribution in [-0.4, -0.2) is 10.1 Å². The van der Waals surface area contributed by atoms with Crippen molar-refractivity contribution in [2.45, 2.75) is 6.18 Å². The number of nitrogens with one attached hydrogen (secondary N) is 1. The Kier molecular flexibility index (Phi) is 2.02. The fourth-order valence-electron chi connectivity index (χ4n) is 0.707. The molecule has 7 heteroatoms. The largest absolute Gasteiger partial charge is 0.501 e. The number of hydrogen-bond donors (Lipinski definition) is 2. The highest BCUT2D eigenvalue weighted by molar-refractivity contribution is 5.25. The van der Waals surface area contributed by atoms with E-state index in [2.05, 4.69) is 0 Å². The lowest BCUT2D eigenvalue weighted by Crippen LogP contribution is -2.20. The molecule has 0 saturated carbocycles. The molecule has 0 aliphatic rings. The number of hydrogen-bond acceptors (Lipinski definition) is 2. The predicted octanol–water partition coefficient (Wildman–Crippen LogP) is 1.24. The minimum atomic E-state index is -4.90. The van der Waals surface area contributed by atoms with Gasteiger partial charge in [-0.25, -0.2) is 0 Å². The van der Waals surface area contributed by atoms with Crippen LogP contribution in [0.5, 0.6) is 5.75 Å². The molecule has 0 atom stereocenters. The highest BCUT2D eigenvalue weighted by Gasteiger charge is 2.35. The van der Waals surface area contributed by atoms with Crippen LogP contribution in [0.1, 0.15) is 5.56 Å². The summed E-state index contributed by atoms with van der Waals surface area (Å²) >= 11 is 0. The van der Waals surface area contributed by atoms with Crippen LogP contribution in [0.3, 0.4) is 0 Å². The molecule has 1 rings (SSSR count). The van der Waals surface area contributed by atoms with Gasteiger partial charge in [0.1, 0.15) is 5.56 Å². The Morgan fingerprint density at radius 1 is 1.38 bits per heavy atom. The first-order chi connectivity index (χ1) is 5.84. The summed E-state index contributed by atoms with van der Waals surface area (Å²) in [5.74, 6) is -3.05. The molecule has 0 spiro atoms. The molecule has 0 aliphatic carbocycles. The highest BCUT2D eigenvalue weighted by atomic mass is 19.4. The quantitative estimate of drug-likeness (QED) is 0.485. The summed E-state index contributed by atoms with van der Waals surface area (Å²) in [4.78, 5) is 12.1. The van der Waals surface area contributed by atoms with Gasteiger partial charge in [0.2, 0.25) is 17.1 Å². The summed E-state index contributed by atoms with van der Waals surface area (Å²) in [5.41, 5.74) is -3.41. The minimum absolute atomic E-state index is 0.164. The van der Waals surface area contributed by atoms with Crippen LogP contribution in [0.2, 0.25) is 0 Å². The molecule has 0 amide bonds. The van der Waals surface area contributed by atoms with Crippen molar-refractivity contribution in [3.05, 3.63) is 27.9 Å². The van der Waals surface area contributed by atoms with Gasteiger partial charge in [-0.1, -0.05) is 0 Å². The average molecular weight is 197 g/mol. The third-order valence-electron chi connectivity index (χ3n) is 1.32. The maximum atomic E-state index is 12.3. The van der Waals surface area contributed by atoms with Gasteiger partial charge in [-0.15, -0.1) is 0 Å². The van der Waals surface area contributed by atoms with Crippen LogP contribution in [-0.2, 0) is 6.18 Å². The molecule has 2 N–H and O–H groups in total. The molecule has 0 bridgehead atoms.